The van der Waals surface area contributed by atoms with Gasteiger partial charge in [-0.2, -0.15) is 0 Å². The highest BCUT2D eigenvalue weighted by atomic mass is 16.6. The largest absolute Gasteiger partial charge is 0.370 e. The van der Waals surface area contributed by atoms with Crippen LogP contribution < -0.4 is 5.32 Å². The predicted molar refractivity (Wildman–Crippen MR) is 79.4 cm³/mol. The van der Waals surface area contributed by atoms with Crippen LogP contribution in [-0.4, -0.2) is 40.3 Å². The fourth-order valence-electron chi connectivity index (χ4n) is 2.16. The molecule has 0 unspecified atom stereocenters. The van der Waals surface area contributed by atoms with Crippen LogP contribution in [-0.2, 0) is 0 Å². The Morgan fingerprint density at radius 1 is 1.52 bits per heavy atom. The molecule has 2 rings (SSSR count). The summed E-state index contributed by atoms with van der Waals surface area (Å²) in [6.45, 7) is 5.70. The Morgan fingerprint density at radius 2 is 2.24 bits per heavy atom. The highest BCUT2D eigenvalue weighted by Gasteiger charge is 2.28. The zero-order chi connectivity index (χ0) is 15.4. The Labute approximate surface area is 123 Å². The molecule has 114 valence electrons. The van der Waals surface area contributed by atoms with Crippen LogP contribution >= 0.6 is 0 Å². The van der Waals surface area contributed by atoms with Gasteiger partial charge in [-0.05, 0) is 32.6 Å². The second-order valence-electron chi connectivity index (χ2n) is 5.16. The maximum Gasteiger partial charge on any atom is 0.288 e. The van der Waals surface area contributed by atoms with E-state index in [2.05, 4.69) is 10.3 Å². The Morgan fingerprint density at radius 3 is 2.76 bits per heavy atom. The minimum atomic E-state index is -0.531. The summed E-state index contributed by atoms with van der Waals surface area (Å²) in [7, 11) is 0. The molecule has 1 amide bonds. The highest BCUT2D eigenvalue weighted by molar-refractivity contribution is 5.99. The van der Waals surface area contributed by atoms with Gasteiger partial charge < -0.3 is 10.2 Å². The number of nitrogens with one attached hydrogen (secondary N) is 1. The molecule has 1 aromatic rings. The van der Waals surface area contributed by atoms with Gasteiger partial charge in [-0.1, -0.05) is 0 Å². The van der Waals surface area contributed by atoms with Crippen molar-refractivity contribution >= 4 is 17.4 Å². The standard InChI is InChI=1S/C14H20N4O3/c1-3-15-13-12(7-11(8-16-13)18(20)21)14(19)17(4-2)9-10-5-6-10/h7-8,10H,3-6,9H2,1-2H3,(H,15,16). The number of carbonyl (C=O) groups is 1. The van der Waals surface area contributed by atoms with Crippen molar-refractivity contribution in [2.75, 3.05) is 25.0 Å². The third kappa shape index (κ3) is 3.68. The molecule has 1 fully saturated rings. The van der Waals surface area contributed by atoms with E-state index in [1.807, 2.05) is 13.8 Å². The van der Waals surface area contributed by atoms with E-state index in [-0.39, 0.29) is 17.2 Å². The molecule has 1 saturated carbocycles. The second-order valence-corrected chi connectivity index (χ2v) is 5.16. The van der Waals surface area contributed by atoms with Gasteiger partial charge in [0.05, 0.1) is 10.5 Å². The summed E-state index contributed by atoms with van der Waals surface area (Å²) in [4.78, 5) is 28.8. The average molecular weight is 292 g/mol. The molecule has 1 N–H and O–H groups in total. The van der Waals surface area contributed by atoms with Crippen molar-refractivity contribution in [3.05, 3.63) is 27.9 Å². The first-order valence-electron chi connectivity index (χ1n) is 7.24. The van der Waals surface area contributed by atoms with Gasteiger partial charge in [0, 0.05) is 25.7 Å². The van der Waals surface area contributed by atoms with Crippen LogP contribution in [0.4, 0.5) is 11.5 Å². The number of rotatable bonds is 7. The zero-order valence-corrected chi connectivity index (χ0v) is 12.3. The normalized spacial score (nSPS) is 13.8. The van der Waals surface area contributed by atoms with Crippen molar-refractivity contribution in [1.29, 1.82) is 0 Å². The van der Waals surface area contributed by atoms with E-state index in [9.17, 15) is 14.9 Å². The number of nitro groups is 1. The lowest BCUT2D eigenvalue weighted by atomic mass is 10.2. The Kier molecular flexibility index (Phi) is 4.72. The summed E-state index contributed by atoms with van der Waals surface area (Å²) < 4.78 is 0. The molecule has 1 aliphatic carbocycles. The fraction of sp³-hybridized carbons (Fsp3) is 0.571. The maximum atomic E-state index is 12.6. The summed E-state index contributed by atoms with van der Waals surface area (Å²) in [6, 6.07) is 1.31. The van der Waals surface area contributed by atoms with Crippen molar-refractivity contribution in [2.24, 2.45) is 5.92 Å². The van der Waals surface area contributed by atoms with E-state index in [1.54, 1.807) is 4.90 Å². The number of anilines is 1. The van der Waals surface area contributed by atoms with E-state index in [1.165, 1.54) is 12.3 Å². The molecule has 21 heavy (non-hydrogen) atoms. The van der Waals surface area contributed by atoms with Crippen molar-refractivity contribution in [2.45, 2.75) is 26.7 Å². The first-order valence-corrected chi connectivity index (χ1v) is 7.24. The SMILES string of the molecule is CCNc1ncc([N+](=O)[O-])cc1C(=O)N(CC)CC1CC1. The number of carbonyl (C=O) groups excluding carboxylic acids is 1. The maximum absolute atomic E-state index is 12.6. The molecule has 0 aliphatic heterocycles. The van der Waals surface area contributed by atoms with Crippen LogP contribution in [0, 0.1) is 16.0 Å². The molecule has 0 atom stereocenters. The molecule has 0 radical (unpaired) electrons. The minimum Gasteiger partial charge on any atom is -0.370 e. The molecule has 1 aromatic heterocycles. The van der Waals surface area contributed by atoms with Gasteiger partial charge in [-0.25, -0.2) is 4.98 Å². The van der Waals surface area contributed by atoms with Crippen LogP contribution in [0.2, 0.25) is 0 Å². The lowest BCUT2D eigenvalue weighted by Crippen LogP contribution is -2.33. The number of amides is 1. The van der Waals surface area contributed by atoms with Gasteiger partial charge in [-0.15, -0.1) is 0 Å². The predicted octanol–water partition coefficient (Wildman–Crippen LogP) is 2.29. The van der Waals surface area contributed by atoms with Gasteiger partial charge in [0.2, 0.25) is 0 Å². The molecule has 0 aromatic carbocycles. The summed E-state index contributed by atoms with van der Waals surface area (Å²) in [5.41, 5.74) is 0.107. The third-order valence-electron chi connectivity index (χ3n) is 3.50. The summed E-state index contributed by atoms with van der Waals surface area (Å²) in [6.07, 6.45) is 3.47. The molecule has 1 heterocycles. The zero-order valence-electron chi connectivity index (χ0n) is 12.3. The molecule has 0 bridgehead atoms. The monoisotopic (exact) mass is 292 g/mol. The van der Waals surface area contributed by atoms with Gasteiger partial charge in [-0.3, -0.25) is 14.9 Å². The van der Waals surface area contributed by atoms with E-state index >= 15 is 0 Å². The number of pyridine rings is 1. The Hall–Kier alpha value is -2.18. The van der Waals surface area contributed by atoms with Crippen LogP contribution in [0.15, 0.2) is 12.3 Å². The van der Waals surface area contributed by atoms with Crippen molar-refractivity contribution in [3.8, 4) is 0 Å². The van der Waals surface area contributed by atoms with Crippen LogP contribution in [0.3, 0.4) is 0 Å². The van der Waals surface area contributed by atoms with Gasteiger partial charge in [0.15, 0.2) is 0 Å². The lowest BCUT2D eigenvalue weighted by Gasteiger charge is -2.21. The van der Waals surface area contributed by atoms with Gasteiger partial charge in [0.1, 0.15) is 12.0 Å². The number of hydrogen-bond acceptors (Lipinski definition) is 5. The van der Waals surface area contributed by atoms with Gasteiger partial charge >= 0.3 is 0 Å². The molecular weight excluding hydrogens is 272 g/mol. The number of hydrogen-bond donors (Lipinski definition) is 1. The van der Waals surface area contributed by atoms with Crippen molar-refractivity contribution in [1.82, 2.24) is 9.88 Å². The number of aromatic nitrogens is 1. The van der Waals surface area contributed by atoms with E-state index < -0.39 is 4.92 Å². The van der Waals surface area contributed by atoms with Crippen molar-refractivity contribution < 1.29 is 9.72 Å². The second kappa shape index (κ2) is 6.51. The molecule has 7 nitrogen and oxygen atoms in total. The molecule has 0 spiro atoms. The molecule has 1 aliphatic rings. The summed E-state index contributed by atoms with van der Waals surface area (Å²) in [5, 5.41) is 13.9. The first kappa shape index (κ1) is 15.2. The first-order chi connectivity index (χ1) is 10.1. The minimum absolute atomic E-state index is 0.164. The fourth-order valence-corrected chi connectivity index (χ4v) is 2.16. The lowest BCUT2D eigenvalue weighted by molar-refractivity contribution is -0.385. The van der Waals surface area contributed by atoms with Crippen molar-refractivity contribution in [3.63, 3.8) is 0 Å². The quantitative estimate of drug-likeness (QED) is 0.615. The van der Waals surface area contributed by atoms with E-state index in [0.717, 1.165) is 12.8 Å². The van der Waals surface area contributed by atoms with Gasteiger partial charge in [0.25, 0.3) is 11.6 Å². The average Bonchev–Trinajstić information content (AvgIpc) is 3.28. The van der Waals surface area contributed by atoms with E-state index in [0.29, 0.717) is 31.4 Å². The van der Waals surface area contributed by atoms with Crippen LogP contribution in [0.25, 0.3) is 0 Å². The number of nitrogens with zero attached hydrogens (tertiary/aromatic N) is 3. The molecule has 0 saturated heterocycles. The molecule has 7 heteroatoms. The Balaban J connectivity index is 2.30. The summed E-state index contributed by atoms with van der Waals surface area (Å²) in [5.74, 6) is 0.780. The highest BCUT2D eigenvalue weighted by Crippen LogP contribution is 2.30. The van der Waals surface area contributed by atoms with E-state index in [4.69, 9.17) is 0 Å². The smallest absolute Gasteiger partial charge is 0.288 e. The third-order valence-corrected chi connectivity index (χ3v) is 3.50. The van der Waals surface area contributed by atoms with Crippen LogP contribution in [0.1, 0.15) is 37.0 Å². The Bertz CT molecular complexity index is 543. The topological polar surface area (TPSA) is 88.4 Å². The summed E-state index contributed by atoms with van der Waals surface area (Å²) >= 11 is 0. The van der Waals surface area contributed by atoms with Crippen LogP contribution in [0.5, 0.6) is 0 Å². The molecular formula is C14H20N4O3.